The van der Waals surface area contributed by atoms with Gasteiger partial charge in [-0.15, -0.1) is 0 Å². The van der Waals surface area contributed by atoms with Gasteiger partial charge in [0.15, 0.2) is 0 Å². The number of aliphatic hydroxyl groups is 1. The summed E-state index contributed by atoms with van der Waals surface area (Å²) in [4.78, 5) is 17.2. The molecule has 1 aliphatic heterocycles. The fraction of sp³-hybridized carbons (Fsp3) is 0.300. The topological polar surface area (TPSA) is 89.6 Å². The Hall–Kier alpha value is -1.06. The molecule has 0 saturated carbocycles. The third kappa shape index (κ3) is 4.68. The largest absolute Gasteiger partial charge is 1.00 e. The molecule has 0 amide bonds. The molecular weight excluding hydrogens is 371 g/mol. The Morgan fingerprint density at radius 1 is 1.22 bits per heavy atom. The number of carbonyl (C=O) groups excluding carboxylic acids is 1. The van der Waals surface area contributed by atoms with Crippen molar-refractivity contribution in [3.05, 3.63) is 54.4 Å². The van der Waals surface area contributed by atoms with Crippen molar-refractivity contribution in [3.63, 3.8) is 0 Å². The molecule has 0 spiro atoms. The summed E-state index contributed by atoms with van der Waals surface area (Å²) in [5, 5.41) is 21.8. The molecule has 0 bridgehead atoms. The monoisotopic (exact) mass is 390 g/mol. The smallest absolute Gasteiger partial charge is 0.550 e. The summed E-state index contributed by atoms with van der Waals surface area (Å²) in [6.45, 7) is 1.48. The van der Waals surface area contributed by atoms with Crippen LogP contribution in [0.4, 0.5) is 0 Å². The van der Waals surface area contributed by atoms with Crippen LogP contribution in [0.2, 0.25) is 0 Å². The number of fused-ring (bicyclic) bond motifs is 1. The number of likely N-dealkylation sites (tertiary alicyclic amines) is 1. The van der Waals surface area contributed by atoms with Gasteiger partial charge in [0.05, 0.1) is 18.2 Å². The molecule has 0 aliphatic carbocycles. The second-order valence-electron chi connectivity index (χ2n) is 6.74. The molecule has 4 rings (SSSR count). The van der Waals surface area contributed by atoms with Crippen LogP contribution in [0.3, 0.4) is 0 Å². The van der Waals surface area contributed by atoms with Gasteiger partial charge in [-0.25, -0.2) is 0 Å². The van der Waals surface area contributed by atoms with E-state index in [2.05, 4.69) is 4.98 Å². The number of benzene rings is 1. The van der Waals surface area contributed by atoms with Crippen molar-refractivity contribution in [2.75, 3.05) is 13.1 Å². The van der Waals surface area contributed by atoms with E-state index in [9.17, 15) is 15.0 Å². The summed E-state index contributed by atoms with van der Waals surface area (Å²) in [5.41, 5.74) is 1.83. The van der Waals surface area contributed by atoms with E-state index in [0.29, 0.717) is 19.6 Å². The van der Waals surface area contributed by atoms with Crippen LogP contribution < -0.4 is 56.5 Å². The van der Waals surface area contributed by atoms with Crippen molar-refractivity contribution in [2.24, 2.45) is 5.92 Å². The number of nitrogens with zero attached hydrogens (tertiary/aromatic N) is 2. The van der Waals surface area contributed by atoms with Crippen LogP contribution in [0.1, 0.15) is 12.2 Å². The van der Waals surface area contributed by atoms with Crippen molar-refractivity contribution in [3.8, 4) is 11.3 Å². The molecule has 3 heterocycles. The fourth-order valence-electron chi connectivity index (χ4n) is 3.62. The Bertz CT molecular complexity index is 937. The molecule has 1 aliphatic rings. The number of aromatic nitrogens is 1. The van der Waals surface area contributed by atoms with Gasteiger partial charge in [0.2, 0.25) is 0 Å². The van der Waals surface area contributed by atoms with Crippen molar-refractivity contribution >= 4 is 16.9 Å². The summed E-state index contributed by atoms with van der Waals surface area (Å²) >= 11 is 0. The Balaban J connectivity index is 0.00000210. The number of carboxylic acid groups (broad SMARTS) is 1. The van der Waals surface area contributed by atoms with Crippen molar-refractivity contribution in [2.45, 2.75) is 19.1 Å². The molecule has 134 valence electrons. The number of β-amino-alcohol motifs (C(OH)–C–C–N with tert-alkyl or cyclic N) is 1. The van der Waals surface area contributed by atoms with E-state index in [0.717, 1.165) is 28.0 Å². The predicted octanol–water partition coefficient (Wildman–Crippen LogP) is -1.57. The number of para-hydroxylation sites is 1. The van der Waals surface area contributed by atoms with Gasteiger partial charge in [-0.2, -0.15) is 0 Å². The molecule has 1 N–H and O–H groups in total. The van der Waals surface area contributed by atoms with Gasteiger partial charge in [0, 0.05) is 42.1 Å². The predicted molar refractivity (Wildman–Crippen MR) is 93.8 cm³/mol. The molecule has 6 nitrogen and oxygen atoms in total. The molecule has 0 radical (unpaired) electrons. The van der Waals surface area contributed by atoms with Crippen LogP contribution in [0.15, 0.2) is 53.1 Å². The molecule has 2 aromatic heterocycles. The maximum Gasteiger partial charge on any atom is 1.00 e. The first-order chi connectivity index (χ1) is 12.6. The van der Waals surface area contributed by atoms with E-state index >= 15 is 0 Å². The van der Waals surface area contributed by atoms with Crippen LogP contribution >= 0.6 is 0 Å². The number of hydrogen-bond donors (Lipinski definition) is 1. The molecule has 7 heteroatoms. The van der Waals surface area contributed by atoms with E-state index in [4.69, 9.17) is 4.42 Å². The maximum atomic E-state index is 10.8. The van der Waals surface area contributed by atoms with Gasteiger partial charge < -0.3 is 19.4 Å². The SMILES string of the molecule is O=C([O-])C[C@@H]1CN(Cc2ccc(-c3cccc4cccnc34)o2)C[C@H]1O.[K+]. The zero-order valence-electron chi connectivity index (χ0n) is 15.2. The van der Waals surface area contributed by atoms with E-state index in [1.165, 1.54) is 0 Å². The zero-order chi connectivity index (χ0) is 18.1. The Kier molecular flexibility index (Phi) is 6.86. The first-order valence-electron chi connectivity index (χ1n) is 8.63. The number of aliphatic carboxylic acids is 1. The maximum absolute atomic E-state index is 10.8. The van der Waals surface area contributed by atoms with Gasteiger partial charge in [-0.1, -0.05) is 18.2 Å². The molecule has 1 aromatic carbocycles. The van der Waals surface area contributed by atoms with Crippen LogP contribution in [-0.4, -0.2) is 40.2 Å². The second kappa shape index (κ2) is 8.96. The number of furan rings is 1. The van der Waals surface area contributed by atoms with E-state index < -0.39 is 12.1 Å². The summed E-state index contributed by atoms with van der Waals surface area (Å²) in [7, 11) is 0. The van der Waals surface area contributed by atoms with Gasteiger partial charge >= 0.3 is 51.4 Å². The molecule has 0 unspecified atom stereocenters. The van der Waals surface area contributed by atoms with E-state index in [-0.39, 0.29) is 63.7 Å². The van der Waals surface area contributed by atoms with Crippen LogP contribution in [0, 0.1) is 5.92 Å². The van der Waals surface area contributed by atoms with Gasteiger partial charge in [0.25, 0.3) is 0 Å². The zero-order valence-corrected chi connectivity index (χ0v) is 18.3. The van der Waals surface area contributed by atoms with Gasteiger partial charge in [-0.3, -0.25) is 9.88 Å². The number of carbonyl (C=O) groups is 1. The third-order valence-corrected chi connectivity index (χ3v) is 4.85. The van der Waals surface area contributed by atoms with E-state index in [1.807, 2.05) is 47.4 Å². The number of rotatable bonds is 5. The molecule has 1 fully saturated rings. The first kappa shape index (κ1) is 20.7. The van der Waals surface area contributed by atoms with Gasteiger partial charge in [0.1, 0.15) is 11.5 Å². The molecule has 2 atom stereocenters. The Morgan fingerprint density at radius 3 is 2.85 bits per heavy atom. The van der Waals surface area contributed by atoms with Crippen LogP contribution in [-0.2, 0) is 11.3 Å². The molecule has 1 saturated heterocycles. The number of pyridine rings is 1. The Morgan fingerprint density at radius 2 is 2.04 bits per heavy atom. The van der Waals surface area contributed by atoms with Gasteiger partial charge in [-0.05, 0) is 30.7 Å². The fourth-order valence-corrected chi connectivity index (χ4v) is 3.62. The third-order valence-electron chi connectivity index (χ3n) is 4.85. The van der Waals surface area contributed by atoms with Crippen LogP contribution in [0.25, 0.3) is 22.2 Å². The summed E-state index contributed by atoms with van der Waals surface area (Å²) in [6, 6.07) is 13.7. The second-order valence-corrected chi connectivity index (χ2v) is 6.74. The van der Waals surface area contributed by atoms with Crippen molar-refractivity contribution in [1.29, 1.82) is 0 Å². The standard InChI is InChI=1S/C20H20N2O4.K/c23-17-12-22(10-14(17)9-19(24)25)11-15-6-7-18(26-15)16-5-1-3-13-4-2-8-21-20(13)16;/h1-8,14,17,23H,9-12H2,(H,24,25);/q;+1/p-1/t14-,17-;/m1./s1. The minimum atomic E-state index is -1.13. The molecule has 27 heavy (non-hydrogen) atoms. The van der Waals surface area contributed by atoms with Crippen molar-refractivity contribution < 1.29 is 70.8 Å². The summed E-state index contributed by atoms with van der Waals surface area (Å²) in [6.07, 6.45) is 0.992. The molecular formula is C20H19KN2O4. The first-order valence-corrected chi connectivity index (χ1v) is 8.63. The van der Waals surface area contributed by atoms with Crippen molar-refractivity contribution in [1.82, 2.24) is 9.88 Å². The Labute approximate surface area is 199 Å². The number of aliphatic hydroxyl groups excluding tert-OH is 1. The summed E-state index contributed by atoms with van der Waals surface area (Å²) < 4.78 is 6.00. The minimum Gasteiger partial charge on any atom is -0.550 e. The van der Waals surface area contributed by atoms with Crippen LogP contribution in [0.5, 0.6) is 0 Å². The average Bonchev–Trinajstić information content (AvgIpc) is 3.21. The quantitative estimate of drug-likeness (QED) is 0.530. The van der Waals surface area contributed by atoms with E-state index in [1.54, 1.807) is 6.20 Å². The number of carboxylic acids is 1. The minimum absolute atomic E-state index is 0. The number of hydrogen-bond acceptors (Lipinski definition) is 6. The molecule has 3 aromatic rings. The average molecular weight is 390 g/mol. The normalized spacial score (nSPS) is 19.9. The summed E-state index contributed by atoms with van der Waals surface area (Å²) in [5.74, 6) is 0.0981.